The lowest BCUT2D eigenvalue weighted by atomic mass is 10.2. The van der Waals surface area contributed by atoms with E-state index in [0.717, 1.165) is 11.3 Å². The first kappa shape index (κ1) is 22.7. The van der Waals surface area contributed by atoms with Crippen molar-refractivity contribution in [3.63, 3.8) is 0 Å². The van der Waals surface area contributed by atoms with E-state index < -0.39 is 5.97 Å². The number of esters is 1. The quantitative estimate of drug-likeness (QED) is 0.278. The van der Waals surface area contributed by atoms with Crippen molar-refractivity contribution in [2.24, 2.45) is 0 Å². The number of allylic oxidation sites excluding steroid dienone is 1. The smallest absolute Gasteiger partial charge is 0.341 e. The maximum atomic E-state index is 12.6. The number of hydrogen-bond donors (Lipinski definition) is 1. The molecule has 3 aromatic rings. The fraction of sp³-hybridized carbons (Fsp3) is 0.286. The summed E-state index contributed by atoms with van der Waals surface area (Å²) in [4.78, 5) is 30.1. The lowest BCUT2D eigenvalue weighted by Gasteiger charge is -2.08. The highest BCUT2D eigenvalue weighted by Gasteiger charge is 2.20. The summed E-state index contributed by atoms with van der Waals surface area (Å²) >= 11 is 2.64. The van der Waals surface area contributed by atoms with E-state index in [2.05, 4.69) is 27.1 Å². The number of aryl methyl sites for hydroxylation is 1. The van der Waals surface area contributed by atoms with Gasteiger partial charge in [-0.3, -0.25) is 14.3 Å². The number of hydrogen-bond acceptors (Lipinski definition) is 8. The summed E-state index contributed by atoms with van der Waals surface area (Å²) in [6, 6.07) is 7.33. The van der Waals surface area contributed by atoms with Gasteiger partial charge in [-0.15, -0.1) is 28.1 Å². The summed E-state index contributed by atoms with van der Waals surface area (Å²) in [5, 5.41) is 12.4. The molecule has 0 unspecified atom stereocenters. The normalized spacial score (nSPS) is 10.6. The largest absolute Gasteiger partial charge is 0.462 e. The highest BCUT2D eigenvalue weighted by atomic mass is 32.2. The van der Waals surface area contributed by atoms with Gasteiger partial charge in [0.25, 0.3) is 0 Å². The fourth-order valence-corrected chi connectivity index (χ4v) is 4.48. The Hall–Kier alpha value is -2.98. The maximum Gasteiger partial charge on any atom is 0.341 e. The molecule has 0 radical (unpaired) electrons. The van der Waals surface area contributed by atoms with Crippen molar-refractivity contribution in [1.29, 1.82) is 0 Å². The number of pyridine rings is 1. The van der Waals surface area contributed by atoms with Gasteiger partial charge in [-0.25, -0.2) is 4.79 Å². The van der Waals surface area contributed by atoms with Crippen LogP contribution in [0.5, 0.6) is 0 Å². The molecule has 0 fully saturated rings. The van der Waals surface area contributed by atoms with Gasteiger partial charge in [-0.1, -0.05) is 30.8 Å². The van der Waals surface area contributed by atoms with Crippen LogP contribution < -0.4 is 5.32 Å². The number of amides is 1. The third-order valence-corrected chi connectivity index (χ3v) is 6.30. The first-order valence-electron chi connectivity index (χ1n) is 9.75. The monoisotopic (exact) mass is 457 g/mol. The third kappa shape index (κ3) is 5.59. The number of ether oxygens (including phenoxy) is 1. The molecule has 0 aliphatic heterocycles. The molecule has 162 valence electrons. The summed E-state index contributed by atoms with van der Waals surface area (Å²) in [6.45, 7) is 8.29. The number of anilines is 1. The number of nitrogens with zero attached hydrogens (tertiary/aromatic N) is 4. The zero-order chi connectivity index (χ0) is 22.2. The number of carbonyl (C=O) groups is 2. The summed E-state index contributed by atoms with van der Waals surface area (Å²) in [7, 11) is 0. The van der Waals surface area contributed by atoms with Crippen LogP contribution in [-0.2, 0) is 22.5 Å². The van der Waals surface area contributed by atoms with Gasteiger partial charge in [-0.2, -0.15) is 0 Å². The van der Waals surface area contributed by atoms with Crippen molar-refractivity contribution in [2.75, 3.05) is 17.7 Å². The second-order valence-corrected chi connectivity index (χ2v) is 8.37. The Bertz CT molecular complexity index is 1060. The molecule has 3 heterocycles. The molecule has 3 aromatic heterocycles. The van der Waals surface area contributed by atoms with Gasteiger partial charge < -0.3 is 10.1 Å². The summed E-state index contributed by atoms with van der Waals surface area (Å²) in [5.41, 5.74) is 1.08. The van der Waals surface area contributed by atoms with Gasteiger partial charge in [0, 0.05) is 17.6 Å². The number of carbonyl (C=O) groups excluding carboxylic acids is 2. The van der Waals surface area contributed by atoms with Crippen molar-refractivity contribution in [3.8, 4) is 11.5 Å². The van der Waals surface area contributed by atoms with Crippen LogP contribution in [0.25, 0.3) is 11.5 Å². The maximum absolute atomic E-state index is 12.6. The number of thioether (sulfide) groups is 1. The topological polar surface area (TPSA) is 99.0 Å². The molecule has 0 aliphatic carbocycles. The van der Waals surface area contributed by atoms with E-state index in [1.54, 1.807) is 25.3 Å². The lowest BCUT2D eigenvalue weighted by Crippen LogP contribution is -2.16. The Kier molecular flexibility index (Phi) is 7.96. The minimum absolute atomic E-state index is 0.110. The van der Waals surface area contributed by atoms with Gasteiger partial charge in [0.1, 0.15) is 10.7 Å². The zero-order valence-electron chi connectivity index (χ0n) is 17.3. The van der Waals surface area contributed by atoms with Crippen LogP contribution in [0.4, 0.5) is 5.00 Å². The lowest BCUT2D eigenvalue weighted by molar-refractivity contribution is -0.113. The average Bonchev–Trinajstić information content (AvgIpc) is 3.37. The summed E-state index contributed by atoms with van der Waals surface area (Å²) in [5.74, 6) is 0.0395. The molecule has 0 aromatic carbocycles. The highest BCUT2D eigenvalue weighted by molar-refractivity contribution is 7.99. The number of thiophene rings is 1. The van der Waals surface area contributed by atoms with Crippen molar-refractivity contribution < 1.29 is 14.3 Å². The van der Waals surface area contributed by atoms with Crippen LogP contribution in [-0.4, -0.2) is 44.0 Å². The second kappa shape index (κ2) is 10.9. The van der Waals surface area contributed by atoms with Crippen LogP contribution in [0.1, 0.15) is 29.1 Å². The van der Waals surface area contributed by atoms with Crippen molar-refractivity contribution in [3.05, 3.63) is 53.6 Å². The van der Waals surface area contributed by atoms with Crippen LogP contribution in [0.2, 0.25) is 0 Å². The molecule has 1 amide bonds. The molecule has 0 spiro atoms. The van der Waals surface area contributed by atoms with E-state index in [1.807, 2.05) is 29.7 Å². The Balaban J connectivity index is 1.72. The molecule has 0 saturated carbocycles. The van der Waals surface area contributed by atoms with Crippen LogP contribution >= 0.6 is 23.1 Å². The molecular formula is C21H23N5O3S2. The van der Waals surface area contributed by atoms with Crippen molar-refractivity contribution in [2.45, 2.75) is 32.0 Å². The Labute approximate surface area is 188 Å². The van der Waals surface area contributed by atoms with E-state index in [0.29, 0.717) is 33.8 Å². The van der Waals surface area contributed by atoms with Crippen molar-refractivity contribution >= 4 is 40.0 Å². The highest BCUT2D eigenvalue weighted by Crippen LogP contribution is 2.30. The first-order chi connectivity index (χ1) is 15.1. The average molecular weight is 458 g/mol. The van der Waals surface area contributed by atoms with Crippen LogP contribution in [0.3, 0.4) is 0 Å². The minimum atomic E-state index is -0.438. The predicted molar refractivity (Wildman–Crippen MR) is 122 cm³/mol. The Morgan fingerprint density at radius 3 is 2.84 bits per heavy atom. The molecule has 3 rings (SSSR count). The summed E-state index contributed by atoms with van der Waals surface area (Å²) < 4.78 is 6.96. The molecule has 0 saturated heterocycles. The molecular weight excluding hydrogens is 434 g/mol. The van der Waals surface area contributed by atoms with E-state index in [4.69, 9.17) is 4.74 Å². The van der Waals surface area contributed by atoms with Gasteiger partial charge >= 0.3 is 5.97 Å². The molecule has 1 N–H and O–H groups in total. The van der Waals surface area contributed by atoms with Crippen LogP contribution in [0.15, 0.2) is 48.3 Å². The molecule has 8 nitrogen and oxygen atoms in total. The number of rotatable bonds is 10. The zero-order valence-corrected chi connectivity index (χ0v) is 19.0. The SMILES string of the molecule is C=CCn1c(SCC(=O)Nc2sc(CC)cc2C(=O)OCC)nnc1-c1ccccn1. The second-order valence-electron chi connectivity index (χ2n) is 6.29. The predicted octanol–water partition coefficient (Wildman–Crippen LogP) is 4.06. The fourth-order valence-electron chi connectivity index (χ4n) is 2.74. The van der Waals surface area contributed by atoms with Gasteiger partial charge in [0.2, 0.25) is 5.91 Å². The standard InChI is InChI=1S/C21H23N5O3S2/c1-4-11-26-18(16-9-7-8-10-22-16)24-25-21(26)30-13-17(27)23-19-15(20(28)29-6-3)12-14(5-2)31-19/h4,7-10,12H,1,5-6,11,13H2,2-3H3,(H,23,27). The third-order valence-electron chi connectivity index (χ3n) is 4.13. The molecule has 0 atom stereocenters. The minimum Gasteiger partial charge on any atom is -0.462 e. The van der Waals surface area contributed by atoms with Gasteiger partial charge in [0.05, 0.1) is 17.9 Å². The summed E-state index contributed by atoms with van der Waals surface area (Å²) in [6.07, 6.45) is 4.20. The Morgan fingerprint density at radius 2 is 2.16 bits per heavy atom. The molecule has 31 heavy (non-hydrogen) atoms. The van der Waals surface area contributed by atoms with E-state index in [-0.39, 0.29) is 18.3 Å². The Morgan fingerprint density at radius 1 is 1.32 bits per heavy atom. The molecule has 0 aliphatic rings. The molecule has 0 bridgehead atoms. The van der Waals surface area contributed by atoms with E-state index in [9.17, 15) is 9.59 Å². The van der Waals surface area contributed by atoms with E-state index >= 15 is 0 Å². The van der Waals surface area contributed by atoms with Crippen LogP contribution in [0, 0.1) is 0 Å². The van der Waals surface area contributed by atoms with Gasteiger partial charge in [0.15, 0.2) is 11.0 Å². The number of aromatic nitrogens is 4. The number of nitrogens with one attached hydrogen (secondary N) is 1. The molecule has 10 heteroatoms. The van der Waals surface area contributed by atoms with Gasteiger partial charge in [-0.05, 0) is 31.5 Å². The van der Waals surface area contributed by atoms with E-state index in [1.165, 1.54) is 23.1 Å². The van der Waals surface area contributed by atoms with Crippen molar-refractivity contribution in [1.82, 2.24) is 19.7 Å². The first-order valence-corrected chi connectivity index (χ1v) is 11.6.